The van der Waals surface area contributed by atoms with Gasteiger partial charge in [0.15, 0.2) is 5.13 Å². The third-order valence-electron chi connectivity index (χ3n) is 4.73. The number of anilines is 1. The number of fused-ring (bicyclic) bond motifs is 1. The van der Waals surface area contributed by atoms with Gasteiger partial charge in [-0.05, 0) is 49.4 Å². The van der Waals surface area contributed by atoms with Crippen molar-refractivity contribution in [1.82, 2.24) is 9.88 Å². The van der Waals surface area contributed by atoms with Crippen LogP contribution in [0.25, 0.3) is 11.3 Å². The largest absolute Gasteiger partial charge is 0.497 e. The smallest absolute Gasteiger partial charge is 0.261 e. The zero-order chi connectivity index (χ0) is 20.7. The molecule has 1 aliphatic rings. The van der Waals surface area contributed by atoms with E-state index in [0.29, 0.717) is 16.3 Å². The maximum atomic E-state index is 12.7. The molecule has 0 atom stereocenters. The summed E-state index contributed by atoms with van der Waals surface area (Å²) in [5.41, 5.74) is 2.54. The van der Waals surface area contributed by atoms with Crippen molar-refractivity contribution in [2.24, 2.45) is 0 Å². The Morgan fingerprint density at radius 3 is 2.45 bits per heavy atom. The van der Waals surface area contributed by atoms with Crippen LogP contribution in [0, 0.1) is 6.92 Å². The molecule has 29 heavy (non-hydrogen) atoms. The quantitative estimate of drug-likeness (QED) is 0.668. The van der Waals surface area contributed by atoms with E-state index >= 15 is 0 Å². The summed E-state index contributed by atoms with van der Waals surface area (Å²) >= 11 is 1.37. The Balaban J connectivity index is 1.57. The van der Waals surface area contributed by atoms with Crippen LogP contribution < -0.4 is 10.1 Å². The third-order valence-corrected chi connectivity index (χ3v) is 5.62. The number of hydrogen-bond acceptors (Lipinski definition) is 6. The second kappa shape index (κ2) is 7.14. The number of amides is 3. The Bertz CT molecular complexity index is 1150. The van der Waals surface area contributed by atoms with E-state index in [4.69, 9.17) is 4.74 Å². The van der Waals surface area contributed by atoms with Crippen LogP contribution in [-0.4, -0.2) is 41.8 Å². The number of carbonyl (C=O) groups excluding carboxylic acids is 3. The first-order valence-corrected chi connectivity index (χ1v) is 9.60. The summed E-state index contributed by atoms with van der Waals surface area (Å²) in [4.78, 5) is 43.3. The normalized spacial score (nSPS) is 12.9. The van der Waals surface area contributed by atoms with Crippen LogP contribution >= 0.6 is 11.3 Å². The Morgan fingerprint density at radius 2 is 1.76 bits per heavy atom. The lowest BCUT2D eigenvalue weighted by Gasteiger charge is -2.04. The molecule has 1 aliphatic heterocycles. The summed E-state index contributed by atoms with van der Waals surface area (Å²) < 4.78 is 5.17. The third kappa shape index (κ3) is 3.27. The second-order valence-electron chi connectivity index (χ2n) is 6.54. The van der Waals surface area contributed by atoms with Crippen molar-refractivity contribution in [2.75, 3.05) is 19.5 Å². The summed E-state index contributed by atoms with van der Waals surface area (Å²) in [6.45, 7) is 1.93. The lowest BCUT2D eigenvalue weighted by Crippen LogP contribution is -2.24. The van der Waals surface area contributed by atoms with Gasteiger partial charge in [0, 0.05) is 23.1 Å². The van der Waals surface area contributed by atoms with Gasteiger partial charge in [-0.1, -0.05) is 0 Å². The Kier molecular flexibility index (Phi) is 4.63. The number of aryl methyl sites for hydroxylation is 1. The number of nitrogens with one attached hydrogen (secondary N) is 1. The SMILES string of the molecule is COc1ccc(-c2nc(NC(=O)c3ccc4c(c3)C(=O)N(C)C4=O)sc2C)cc1. The van der Waals surface area contributed by atoms with Crippen molar-refractivity contribution in [3.8, 4) is 17.0 Å². The number of carbonyl (C=O) groups is 3. The predicted molar refractivity (Wildman–Crippen MR) is 110 cm³/mol. The fraction of sp³-hybridized carbons (Fsp3) is 0.143. The van der Waals surface area contributed by atoms with Gasteiger partial charge < -0.3 is 4.74 Å². The van der Waals surface area contributed by atoms with Gasteiger partial charge in [-0.25, -0.2) is 4.98 Å². The van der Waals surface area contributed by atoms with E-state index in [1.165, 1.54) is 36.6 Å². The average Bonchev–Trinajstić information content (AvgIpc) is 3.20. The number of hydrogen-bond donors (Lipinski definition) is 1. The molecule has 0 spiro atoms. The van der Waals surface area contributed by atoms with Crippen molar-refractivity contribution < 1.29 is 19.1 Å². The molecule has 1 aromatic heterocycles. The maximum absolute atomic E-state index is 12.7. The molecule has 0 unspecified atom stereocenters. The van der Waals surface area contributed by atoms with Crippen molar-refractivity contribution in [3.63, 3.8) is 0 Å². The van der Waals surface area contributed by atoms with E-state index in [1.54, 1.807) is 7.11 Å². The number of aromatic nitrogens is 1. The van der Waals surface area contributed by atoms with E-state index < -0.39 is 11.8 Å². The lowest BCUT2D eigenvalue weighted by atomic mass is 10.1. The molecule has 0 saturated carbocycles. The van der Waals surface area contributed by atoms with Gasteiger partial charge in [-0.2, -0.15) is 0 Å². The molecule has 0 saturated heterocycles. The molecule has 0 radical (unpaired) electrons. The summed E-state index contributed by atoms with van der Waals surface area (Å²) in [5, 5.41) is 3.23. The molecule has 2 heterocycles. The van der Waals surface area contributed by atoms with Crippen LogP contribution in [0.2, 0.25) is 0 Å². The molecule has 0 aliphatic carbocycles. The number of thiazole rings is 1. The number of nitrogens with zero attached hydrogens (tertiary/aromatic N) is 2. The van der Waals surface area contributed by atoms with Crippen molar-refractivity contribution >= 4 is 34.2 Å². The summed E-state index contributed by atoms with van der Waals surface area (Å²) in [7, 11) is 3.03. The first-order valence-electron chi connectivity index (χ1n) is 8.78. The van der Waals surface area contributed by atoms with Gasteiger partial charge in [0.05, 0.1) is 23.9 Å². The maximum Gasteiger partial charge on any atom is 0.261 e. The second-order valence-corrected chi connectivity index (χ2v) is 7.74. The van der Waals surface area contributed by atoms with Crippen LogP contribution in [0.15, 0.2) is 42.5 Å². The van der Waals surface area contributed by atoms with Crippen LogP contribution in [-0.2, 0) is 0 Å². The molecule has 0 fully saturated rings. The van der Waals surface area contributed by atoms with Crippen molar-refractivity contribution in [2.45, 2.75) is 6.92 Å². The standard InChI is InChI=1S/C21H17N3O4S/c1-11-17(12-4-7-14(28-3)8-5-12)22-21(29-11)23-18(25)13-6-9-15-16(10-13)20(27)24(2)19(15)26/h4-10H,1-3H3,(H,22,23,25). The highest BCUT2D eigenvalue weighted by Crippen LogP contribution is 2.32. The highest BCUT2D eigenvalue weighted by atomic mass is 32.1. The summed E-state index contributed by atoms with van der Waals surface area (Å²) in [5.74, 6) is -0.411. The molecule has 4 rings (SSSR count). The molecular formula is C21H17N3O4S. The number of ether oxygens (including phenoxy) is 1. The van der Waals surface area contributed by atoms with Gasteiger partial charge in [0.2, 0.25) is 0 Å². The Hall–Kier alpha value is -3.52. The Labute approximate surface area is 170 Å². The monoisotopic (exact) mass is 407 g/mol. The van der Waals surface area contributed by atoms with Crippen LogP contribution in [0.5, 0.6) is 5.75 Å². The molecule has 1 N–H and O–H groups in total. The van der Waals surface area contributed by atoms with Gasteiger partial charge in [-0.15, -0.1) is 11.3 Å². The van der Waals surface area contributed by atoms with E-state index in [1.807, 2.05) is 31.2 Å². The van der Waals surface area contributed by atoms with E-state index in [0.717, 1.165) is 26.8 Å². The minimum atomic E-state index is -0.411. The van der Waals surface area contributed by atoms with Crippen LogP contribution in [0.4, 0.5) is 5.13 Å². The van der Waals surface area contributed by atoms with Gasteiger partial charge >= 0.3 is 0 Å². The topological polar surface area (TPSA) is 88.6 Å². The minimum absolute atomic E-state index is 0.236. The molecule has 0 bridgehead atoms. The molecule has 8 heteroatoms. The van der Waals surface area contributed by atoms with Gasteiger partial charge in [-0.3, -0.25) is 24.6 Å². The van der Waals surface area contributed by atoms with E-state index in [2.05, 4.69) is 10.3 Å². The molecule has 146 valence electrons. The number of imide groups is 1. The van der Waals surface area contributed by atoms with Gasteiger partial charge in [0.1, 0.15) is 5.75 Å². The number of benzene rings is 2. The minimum Gasteiger partial charge on any atom is -0.497 e. The van der Waals surface area contributed by atoms with Crippen LogP contribution in [0.1, 0.15) is 36.0 Å². The zero-order valence-electron chi connectivity index (χ0n) is 16.0. The predicted octanol–water partition coefficient (Wildman–Crippen LogP) is 3.61. The van der Waals surface area contributed by atoms with Crippen molar-refractivity contribution in [1.29, 1.82) is 0 Å². The summed E-state index contributed by atoms with van der Waals surface area (Å²) in [6.07, 6.45) is 0. The Morgan fingerprint density at radius 1 is 1.07 bits per heavy atom. The fourth-order valence-electron chi connectivity index (χ4n) is 3.14. The highest BCUT2D eigenvalue weighted by Gasteiger charge is 2.33. The molecule has 2 aromatic carbocycles. The van der Waals surface area contributed by atoms with Crippen LogP contribution in [0.3, 0.4) is 0 Å². The van der Waals surface area contributed by atoms with Gasteiger partial charge in [0.25, 0.3) is 17.7 Å². The average molecular weight is 407 g/mol. The fourth-order valence-corrected chi connectivity index (χ4v) is 3.97. The molecular weight excluding hydrogens is 390 g/mol. The number of methoxy groups -OCH3 is 1. The first kappa shape index (κ1) is 18.8. The van der Waals surface area contributed by atoms with E-state index in [-0.39, 0.29) is 11.5 Å². The van der Waals surface area contributed by atoms with E-state index in [9.17, 15) is 14.4 Å². The molecule has 3 aromatic rings. The zero-order valence-corrected chi connectivity index (χ0v) is 16.8. The molecule has 7 nitrogen and oxygen atoms in total. The number of rotatable bonds is 4. The lowest BCUT2D eigenvalue weighted by molar-refractivity contribution is 0.0693. The first-order chi connectivity index (χ1) is 13.9. The molecule has 3 amide bonds. The highest BCUT2D eigenvalue weighted by molar-refractivity contribution is 7.16. The van der Waals surface area contributed by atoms with Crippen molar-refractivity contribution in [3.05, 3.63) is 64.0 Å². The summed E-state index contributed by atoms with van der Waals surface area (Å²) in [6, 6.07) is 12.0.